The predicted molar refractivity (Wildman–Crippen MR) is 193 cm³/mol. The summed E-state index contributed by atoms with van der Waals surface area (Å²) < 4.78 is 17.4. The van der Waals surface area contributed by atoms with Crippen LogP contribution in [0.15, 0.2) is 120 Å². The van der Waals surface area contributed by atoms with Gasteiger partial charge in [-0.1, -0.05) is 72.4 Å². The highest BCUT2D eigenvalue weighted by molar-refractivity contribution is 8.15. The van der Waals surface area contributed by atoms with Gasteiger partial charge in [0.1, 0.15) is 16.7 Å². The fraction of sp³-hybridized carbons (Fsp3) is 0.205. The molecule has 6 rings (SSSR count). The van der Waals surface area contributed by atoms with Crippen molar-refractivity contribution < 1.29 is 23.8 Å². The number of nitrogens with zero attached hydrogens (tertiary/aromatic N) is 2. The average Bonchev–Trinajstić information content (AvgIpc) is 3.39. The molecule has 1 heterocycles. The highest BCUT2D eigenvalue weighted by atomic mass is 32.2. The summed E-state index contributed by atoms with van der Waals surface area (Å²) in [5.41, 5.74) is 2.40. The Morgan fingerprint density at radius 2 is 1.52 bits per heavy atom. The highest BCUT2D eigenvalue weighted by Crippen LogP contribution is 2.35. The number of carbonyl (C=O) groups excluding carboxylic acids is 2. The van der Waals surface area contributed by atoms with Crippen LogP contribution in [0.3, 0.4) is 0 Å². The zero-order valence-corrected chi connectivity index (χ0v) is 27.7. The summed E-state index contributed by atoms with van der Waals surface area (Å²) in [5.74, 6) is 2.37. The number of para-hydroxylation sites is 1. The van der Waals surface area contributed by atoms with E-state index in [0.29, 0.717) is 54.3 Å². The van der Waals surface area contributed by atoms with Crippen LogP contribution in [0.2, 0.25) is 0 Å². The predicted octanol–water partition coefficient (Wildman–Crippen LogP) is 8.63. The largest absolute Gasteiger partial charge is 0.490 e. The van der Waals surface area contributed by atoms with Crippen LogP contribution in [-0.4, -0.2) is 46.9 Å². The molecule has 1 aliphatic rings. The Kier molecular flexibility index (Phi) is 10.6. The van der Waals surface area contributed by atoms with Crippen molar-refractivity contribution in [3.8, 4) is 23.0 Å². The van der Waals surface area contributed by atoms with Crippen molar-refractivity contribution in [3.63, 3.8) is 0 Å². The fourth-order valence-corrected chi connectivity index (χ4v) is 6.62. The number of hydrogen-bond donors (Lipinski definition) is 1. The molecule has 8 nitrogen and oxygen atoms in total. The minimum atomic E-state index is -0.612. The van der Waals surface area contributed by atoms with E-state index in [9.17, 15) is 9.59 Å². The van der Waals surface area contributed by atoms with Crippen LogP contribution >= 0.6 is 11.8 Å². The number of anilines is 1. The first-order chi connectivity index (χ1) is 23.5. The number of hydrogen-bond acceptors (Lipinski definition) is 7. The fourth-order valence-electron chi connectivity index (χ4n) is 5.44. The van der Waals surface area contributed by atoms with Gasteiger partial charge in [0, 0.05) is 24.0 Å². The van der Waals surface area contributed by atoms with E-state index in [1.807, 2.05) is 105 Å². The molecule has 5 aromatic carbocycles. The summed E-state index contributed by atoms with van der Waals surface area (Å²) in [6.45, 7) is 5.32. The van der Waals surface area contributed by atoms with E-state index in [-0.39, 0.29) is 18.2 Å². The van der Waals surface area contributed by atoms with Gasteiger partial charge in [-0.15, -0.1) is 0 Å². The van der Waals surface area contributed by atoms with Crippen molar-refractivity contribution in [2.24, 2.45) is 4.99 Å². The molecule has 0 radical (unpaired) electrons. The minimum Gasteiger partial charge on any atom is -0.490 e. The molecule has 244 valence electrons. The van der Waals surface area contributed by atoms with E-state index in [1.54, 1.807) is 29.2 Å². The first kappa shape index (κ1) is 32.7. The molecule has 2 amide bonds. The summed E-state index contributed by atoms with van der Waals surface area (Å²) >= 11 is 1.33. The maximum Gasteiger partial charge on any atom is 0.242 e. The van der Waals surface area contributed by atoms with Gasteiger partial charge in [0.05, 0.1) is 18.9 Å². The third-order valence-corrected chi connectivity index (χ3v) is 8.90. The van der Waals surface area contributed by atoms with Crippen molar-refractivity contribution in [1.29, 1.82) is 0 Å². The Bertz CT molecular complexity index is 1910. The van der Waals surface area contributed by atoms with E-state index in [2.05, 4.69) is 5.32 Å². The standard InChI is InChI=1S/C39H37N3O5S/c1-3-45-34-22-17-27(25-35(34)46-4-2)23-24-42-38(44)36(48-39(42)41-33-16-10-12-28-11-8-9-15-32(28)33)26-37(43)40-29-18-20-31(21-19-29)47-30-13-6-5-7-14-30/h5-22,25,36H,3-4,23-24,26H2,1-2H3,(H,40,43)/t36-/m0/s1. The molecule has 9 heteroatoms. The summed E-state index contributed by atoms with van der Waals surface area (Å²) in [6, 6.07) is 36.5. The second-order valence-electron chi connectivity index (χ2n) is 11.1. The molecule has 1 saturated heterocycles. The number of amidine groups is 1. The normalized spacial score (nSPS) is 15.1. The maximum atomic E-state index is 13.9. The smallest absolute Gasteiger partial charge is 0.242 e. The molecule has 48 heavy (non-hydrogen) atoms. The molecule has 1 atom stereocenters. The van der Waals surface area contributed by atoms with E-state index in [4.69, 9.17) is 19.2 Å². The lowest BCUT2D eigenvalue weighted by Gasteiger charge is -2.18. The molecule has 1 N–H and O–H groups in total. The number of rotatable bonds is 13. The summed E-state index contributed by atoms with van der Waals surface area (Å²) in [7, 11) is 0. The highest BCUT2D eigenvalue weighted by Gasteiger charge is 2.39. The van der Waals surface area contributed by atoms with Gasteiger partial charge >= 0.3 is 0 Å². The number of benzene rings is 5. The van der Waals surface area contributed by atoms with Crippen LogP contribution in [0.1, 0.15) is 25.8 Å². The summed E-state index contributed by atoms with van der Waals surface area (Å²) in [4.78, 5) is 33.8. The van der Waals surface area contributed by atoms with Gasteiger partial charge in [0.2, 0.25) is 11.8 Å². The molecule has 1 fully saturated rings. The molecule has 0 aliphatic carbocycles. The molecule has 0 unspecified atom stereocenters. The topological polar surface area (TPSA) is 89.5 Å². The minimum absolute atomic E-state index is 0.00830. The Hall–Kier alpha value is -5.28. The van der Waals surface area contributed by atoms with E-state index in [1.165, 1.54) is 11.8 Å². The lowest BCUT2D eigenvalue weighted by Crippen LogP contribution is -2.35. The second-order valence-corrected chi connectivity index (χ2v) is 12.2. The average molecular weight is 660 g/mol. The van der Waals surface area contributed by atoms with E-state index >= 15 is 0 Å². The van der Waals surface area contributed by atoms with Crippen LogP contribution < -0.4 is 19.5 Å². The van der Waals surface area contributed by atoms with Gasteiger partial charge < -0.3 is 19.5 Å². The number of fused-ring (bicyclic) bond motifs is 1. The zero-order chi connectivity index (χ0) is 33.3. The molecule has 0 aromatic heterocycles. The summed E-state index contributed by atoms with van der Waals surface area (Å²) in [5, 5.41) is 4.95. The van der Waals surface area contributed by atoms with Gasteiger partial charge in [0.25, 0.3) is 0 Å². The molecule has 1 aliphatic heterocycles. The molecule has 0 spiro atoms. The van der Waals surface area contributed by atoms with Crippen LogP contribution in [0.25, 0.3) is 10.8 Å². The van der Waals surface area contributed by atoms with Crippen molar-refractivity contribution >= 4 is 50.9 Å². The number of nitrogens with one attached hydrogen (secondary N) is 1. The number of ether oxygens (including phenoxy) is 3. The number of carbonyl (C=O) groups is 2. The van der Waals surface area contributed by atoms with Crippen LogP contribution in [-0.2, 0) is 16.0 Å². The molecule has 0 bridgehead atoms. The quantitative estimate of drug-likeness (QED) is 0.136. The van der Waals surface area contributed by atoms with Gasteiger partial charge in [-0.05, 0) is 85.8 Å². The van der Waals surface area contributed by atoms with Gasteiger partial charge in [-0.3, -0.25) is 14.5 Å². The van der Waals surface area contributed by atoms with Crippen LogP contribution in [0.4, 0.5) is 11.4 Å². The lowest BCUT2D eigenvalue weighted by atomic mass is 10.1. The number of amides is 2. The lowest BCUT2D eigenvalue weighted by molar-refractivity contribution is -0.128. The molecule has 5 aromatic rings. The molecule has 0 saturated carbocycles. The molecular formula is C39H37N3O5S. The van der Waals surface area contributed by atoms with Crippen molar-refractivity contribution in [2.45, 2.75) is 31.9 Å². The number of thioether (sulfide) groups is 1. The summed E-state index contributed by atoms with van der Waals surface area (Å²) in [6.07, 6.45) is 0.581. The van der Waals surface area contributed by atoms with Crippen molar-refractivity contribution in [3.05, 3.63) is 121 Å². The van der Waals surface area contributed by atoms with E-state index < -0.39 is 5.25 Å². The third-order valence-electron chi connectivity index (χ3n) is 7.72. The van der Waals surface area contributed by atoms with Gasteiger partial charge in [-0.25, -0.2) is 4.99 Å². The number of aliphatic imine (C=N–C) groups is 1. The Balaban J connectivity index is 1.19. The van der Waals surface area contributed by atoms with Crippen molar-refractivity contribution in [1.82, 2.24) is 4.90 Å². The van der Waals surface area contributed by atoms with Crippen LogP contribution in [0, 0.1) is 0 Å². The first-order valence-corrected chi connectivity index (χ1v) is 16.9. The van der Waals surface area contributed by atoms with Crippen LogP contribution in [0.5, 0.6) is 23.0 Å². The monoisotopic (exact) mass is 659 g/mol. The second kappa shape index (κ2) is 15.5. The van der Waals surface area contributed by atoms with Crippen molar-refractivity contribution in [2.75, 3.05) is 25.1 Å². The zero-order valence-electron chi connectivity index (χ0n) is 26.9. The first-order valence-electron chi connectivity index (χ1n) is 16.1. The SMILES string of the molecule is CCOc1ccc(CCN2C(=O)[C@H](CC(=O)Nc3ccc(Oc4ccccc4)cc3)SC2=Nc2cccc3ccccc23)cc1OCC. The third kappa shape index (κ3) is 7.98. The van der Waals surface area contributed by atoms with E-state index in [0.717, 1.165) is 27.8 Å². The Labute approximate surface area is 284 Å². The van der Waals surface area contributed by atoms with Gasteiger partial charge in [-0.2, -0.15) is 0 Å². The maximum absolute atomic E-state index is 13.9. The van der Waals surface area contributed by atoms with Gasteiger partial charge in [0.15, 0.2) is 16.7 Å². The Morgan fingerprint density at radius 1 is 0.812 bits per heavy atom. The Morgan fingerprint density at radius 3 is 2.31 bits per heavy atom. The molecular weight excluding hydrogens is 623 g/mol.